The summed E-state index contributed by atoms with van der Waals surface area (Å²) >= 11 is 5.81. The molecule has 1 aliphatic rings. The minimum atomic E-state index is -0.975. The zero-order valence-corrected chi connectivity index (χ0v) is 16.6. The van der Waals surface area contributed by atoms with Crippen LogP contribution in [0.5, 0.6) is 0 Å². The van der Waals surface area contributed by atoms with Crippen LogP contribution in [-0.2, 0) is 9.59 Å². The molecule has 0 aliphatic carbocycles. The lowest BCUT2D eigenvalue weighted by atomic mass is 10.1. The number of carbonyl (C=O) groups excluding carboxylic acids is 3. The number of rotatable bonds is 4. The predicted octanol–water partition coefficient (Wildman–Crippen LogP) is 4.31. The van der Waals surface area contributed by atoms with Gasteiger partial charge in [0, 0.05) is 11.6 Å². The van der Waals surface area contributed by atoms with Gasteiger partial charge < -0.3 is 4.42 Å². The van der Waals surface area contributed by atoms with Gasteiger partial charge in [0.05, 0.1) is 10.6 Å². The number of hydrogen-bond donors (Lipinski definition) is 1. The molecule has 160 valence electrons. The molecule has 32 heavy (non-hydrogen) atoms. The number of hydrogen-bond acceptors (Lipinski definition) is 6. The fourth-order valence-electron chi connectivity index (χ4n) is 3.02. The molecule has 0 unspecified atom stereocenters. The van der Waals surface area contributed by atoms with E-state index in [-0.39, 0.29) is 27.9 Å². The number of urea groups is 1. The molecular weight excluding hydrogens is 445 g/mol. The van der Waals surface area contributed by atoms with Gasteiger partial charge in [0.15, 0.2) is 0 Å². The summed E-state index contributed by atoms with van der Waals surface area (Å²) in [5.74, 6) is -2.10. The number of nitrogens with zero attached hydrogens (tertiary/aromatic N) is 2. The first-order valence-electron chi connectivity index (χ1n) is 8.96. The van der Waals surface area contributed by atoms with Gasteiger partial charge in [-0.05, 0) is 54.6 Å². The summed E-state index contributed by atoms with van der Waals surface area (Å²) in [6.07, 6.45) is 1.13. The topological polar surface area (TPSA) is 123 Å². The minimum absolute atomic E-state index is 0.0392. The number of imide groups is 2. The van der Waals surface area contributed by atoms with Crippen LogP contribution < -0.4 is 10.2 Å². The second kappa shape index (κ2) is 8.08. The highest BCUT2D eigenvalue weighted by Gasteiger charge is 2.37. The normalized spacial score (nSPS) is 15.2. The lowest BCUT2D eigenvalue weighted by Crippen LogP contribution is -2.54. The Morgan fingerprint density at radius 1 is 1.06 bits per heavy atom. The predicted molar refractivity (Wildman–Crippen MR) is 111 cm³/mol. The third kappa shape index (κ3) is 3.86. The van der Waals surface area contributed by atoms with Crippen molar-refractivity contribution in [3.63, 3.8) is 0 Å². The first-order valence-corrected chi connectivity index (χ1v) is 9.33. The smallest absolute Gasteiger partial charge is 0.335 e. The van der Waals surface area contributed by atoms with Crippen LogP contribution in [0.4, 0.5) is 20.6 Å². The molecular formula is C21H11ClFN3O6. The number of nitro groups is 1. The number of benzene rings is 2. The Kier molecular flexibility index (Phi) is 5.29. The maximum absolute atomic E-state index is 13.2. The molecule has 4 amide bonds. The molecule has 0 atom stereocenters. The van der Waals surface area contributed by atoms with Gasteiger partial charge in [-0.15, -0.1) is 0 Å². The average molecular weight is 456 g/mol. The summed E-state index contributed by atoms with van der Waals surface area (Å²) in [5.41, 5.74) is -0.276. The van der Waals surface area contributed by atoms with Crippen LogP contribution in [0.25, 0.3) is 17.4 Å². The highest BCUT2D eigenvalue weighted by Crippen LogP contribution is 2.32. The molecule has 1 fully saturated rings. The van der Waals surface area contributed by atoms with Crippen molar-refractivity contribution in [1.82, 2.24) is 5.32 Å². The second-order valence-electron chi connectivity index (χ2n) is 6.56. The van der Waals surface area contributed by atoms with Crippen LogP contribution in [-0.4, -0.2) is 22.8 Å². The van der Waals surface area contributed by atoms with E-state index >= 15 is 0 Å². The van der Waals surface area contributed by atoms with Crippen LogP contribution in [0.3, 0.4) is 0 Å². The van der Waals surface area contributed by atoms with E-state index in [1.54, 1.807) is 0 Å². The Morgan fingerprint density at radius 3 is 2.47 bits per heavy atom. The molecule has 1 N–H and O–H groups in total. The van der Waals surface area contributed by atoms with Crippen molar-refractivity contribution in [3.8, 4) is 11.3 Å². The highest BCUT2D eigenvalue weighted by molar-refractivity contribution is 6.39. The standard InChI is InChI=1S/C21H11ClFN3O6/c22-16-7-1-11(9-17(16)26(30)31)18-8-6-14(32-18)10-15-19(27)24-21(29)25(20(15)28)13-4-2-12(23)3-5-13/h1-10H,(H,24,27,29)/b15-10+. The monoisotopic (exact) mass is 455 g/mol. The van der Waals surface area contributed by atoms with Gasteiger partial charge in [-0.25, -0.2) is 14.1 Å². The summed E-state index contributed by atoms with van der Waals surface area (Å²) in [4.78, 5) is 48.4. The molecule has 2 aromatic carbocycles. The van der Waals surface area contributed by atoms with Gasteiger partial charge in [-0.1, -0.05) is 11.6 Å². The Hall–Kier alpha value is -4.31. The van der Waals surface area contributed by atoms with E-state index in [1.165, 1.54) is 42.5 Å². The van der Waals surface area contributed by atoms with E-state index in [0.717, 1.165) is 18.2 Å². The van der Waals surface area contributed by atoms with Crippen LogP contribution in [0.1, 0.15) is 5.76 Å². The van der Waals surface area contributed by atoms with Gasteiger partial charge in [0.25, 0.3) is 17.5 Å². The van der Waals surface area contributed by atoms with E-state index in [1.807, 2.05) is 5.32 Å². The summed E-state index contributed by atoms with van der Waals surface area (Å²) < 4.78 is 18.8. The van der Waals surface area contributed by atoms with Crippen molar-refractivity contribution in [3.05, 3.63) is 86.9 Å². The molecule has 1 saturated heterocycles. The molecule has 4 rings (SSSR count). The van der Waals surface area contributed by atoms with Crippen LogP contribution in [0.15, 0.2) is 64.6 Å². The Bertz CT molecular complexity index is 1320. The fraction of sp³-hybridized carbons (Fsp3) is 0. The Balaban J connectivity index is 1.67. The lowest BCUT2D eigenvalue weighted by Gasteiger charge is -2.26. The van der Waals surface area contributed by atoms with Crippen molar-refractivity contribution in [1.29, 1.82) is 0 Å². The molecule has 0 radical (unpaired) electrons. The minimum Gasteiger partial charge on any atom is -0.457 e. The summed E-state index contributed by atoms with van der Waals surface area (Å²) in [6.45, 7) is 0. The maximum Gasteiger partial charge on any atom is 0.335 e. The molecule has 2 heterocycles. The van der Waals surface area contributed by atoms with Gasteiger partial charge in [0.2, 0.25) is 0 Å². The van der Waals surface area contributed by atoms with Crippen LogP contribution in [0.2, 0.25) is 5.02 Å². The van der Waals surface area contributed by atoms with E-state index in [2.05, 4.69) is 0 Å². The molecule has 1 aromatic heterocycles. The SMILES string of the molecule is O=C1NC(=O)N(c2ccc(F)cc2)C(=O)/C1=C/c1ccc(-c2ccc(Cl)c([N+](=O)[O-])c2)o1. The third-order valence-corrected chi connectivity index (χ3v) is 4.85. The lowest BCUT2D eigenvalue weighted by molar-refractivity contribution is -0.384. The third-order valence-electron chi connectivity index (χ3n) is 4.53. The maximum atomic E-state index is 13.2. The zero-order valence-electron chi connectivity index (χ0n) is 15.9. The molecule has 9 nitrogen and oxygen atoms in total. The molecule has 0 saturated carbocycles. The van der Waals surface area contributed by atoms with Crippen LogP contribution in [0, 0.1) is 15.9 Å². The quantitative estimate of drug-likeness (QED) is 0.270. The summed E-state index contributed by atoms with van der Waals surface area (Å²) in [7, 11) is 0. The van der Waals surface area contributed by atoms with Crippen LogP contribution >= 0.6 is 11.6 Å². The molecule has 0 bridgehead atoms. The number of barbiturate groups is 1. The number of nitro benzene ring substituents is 1. The molecule has 3 aromatic rings. The zero-order chi connectivity index (χ0) is 23.0. The van der Waals surface area contributed by atoms with Gasteiger partial charge in [-0.2, -0.15) is 0 Å². The summed E-state index contributed by atoms with van der Waals surface area (Å²) in [6, 6.07) is 10.6. The Morgan fingerprint density at radius 2 is 1.78 bits per heavy atom. The van der Waals surface area contributed by atoms with E-state index in [4.69, 9.17) is 16.0 Å². The van der Waals surface area contributed by atoms with Crippen molar-refractivity contribution in [2.24, 2.45) is 0 Å². The molecule has 11 heteroatoms. The van der Waals surface area contributed by atoms with Crippen molar-refractivity contribution < 1.29 is 28.1 Å². The second-order valence-corrected chi connectivity index (χ2v) is 6.97. The number of nitrogens with one attached hydrogen (secondary N) is 1. The number of amides is 4. The fourth-order valence-corrected chi connectivity index (χ4v) is 3.20. The highest BCUT2D eigenvalue weighted by atomic mass is 35.5. The number of carbonyl (C=O) groups is 3. The van der Waals surface area contributed by atoms with Gasteiger partial charge in [-0.3, -0.25) is 25.0 Å². The molecule has 1 aliphatic heterocycles. The van der Waals surface area contributed by atoms with E-state index in [0.29, 0.717) is 10.5 Å². The van der Waals surface area contributed by atoms with Crippen molar-refractivity contribution >= 4 is 46.9 Å². The first-order chi connectivity index (χ1) is 15.2. The number of anilines is 1. The van der Waals surface area contributed by atoms with Gasteiger partial charge >= 0.3 is 6.03 Å². The Labute approximate surface area is 183 Å². The van der Waals surface area contributed by atoms with E-state index < -0.39 is 34.2 Å². The largest absolute Gasteiger partial charge is 0.457 e. The van der Waals surface area contributed by atoms with Gasteiger partial charge in [0.1, 0.15) is 27.9 Å². The first kappa shape index (κ1) is 20.9. The average Bonchev–Trinajstić information content (AvgIpc) is 3.21. The summed E-state index contributed by atoms with van der Waals surface area (Å²) in [5, 5.41) is 13.1. The van der Waals surface area contributed by atoms with Crippen molar-refractivity contribution in [2.45, 2.75) is 0 Å². The molecule has 0 spiro atoms. The number of halogens is 2. The van der Waals surface area contributed by atoms with Crippen molar-refractivity contribution in [2.75, 3.05) is 4.90 Å². The van der Waals surface area contributed by atoms with E-state index in [9.17, 15) is 28.9 Å². The number of furan rings is 1.